The van der Waals surface area contributed by atoms with Gasteiger partial charge in [-0.05, 0) is 44.2 Å². The van der Waals surface area contributed by atoms with E-state index in [0.29, 0.717) is 5.69 Å². The fourth-order valence-electron chi connectivity index (χ4n) is 1.48. The Morgan fingerprint density at radius 1 is 1.11 bits per heavy atom. The maximum absolute atomic E-state index is 5.89. The van der Waals surface area contributed by atoms with Crippen LogP contribution in [0, 0.1) is 0 Å². The molecule has 0 saturated carbocycles. The van der Waals surface area contributed by atoms with E-state index in [1.54, 1.807) is 24.2 Å². The summed E-state index contributed by atoms with van der Waals surface area (Å²) in [7, 11) is 0. The quantitative estimate of drug-likeness (QED) is 0.853. The summed E-state index contributed by atoms with van der Waals surface area (Å²) in [6.07, 6.45) is 3.68. The second-order valence-electron chi connectivity index (χ2n) is 4.15. The number of nitrogen functional groups attached to an aromatic ring is 1. The first kappa shape index (κ1) is 12.8. The predicted octanol–water partition coefficient (Wildman–Crippen LogP) is 3.60. The van der Waals surface area contributed by atoms with Gasteiger partial charge in [0.1, 0.15) is 5.75 Å². The molecule has 2 aromatic rings. The third-order valence-corrected chi connectivity index (χ3v) is 3.23. The van der Waals surface area contributed by atoms with E-state index >= 15 is 0 Å². The molecule has 0 saturated heterocycles. The molecular weight excluding hydrogens is 244 g/mol. The maximum Gasteiger partial charge on any atom is 0.143 e. The zero-order valence-electron chi connectivity index (χ0n) is 10.5. The molecule has 0 fully saturated rings. The van der Waals surface area contributed by atoms with Crippen LogP contribution in [0.2, 0.25) is 0 Å². The highest BCUT2D eigenvalue weighted by molar-refractivity contribution is 7.99. The van der Waals surface area contributed by atoms with E-state index in [-0.39, 0.29) is 6.10 Å². The smallest absolute Gasteiger partial charge is 0.143 e. The Hall–Kier alpha value is -1.68. The highest BCUT2D eigenvalue weighted by Crippen LogP contribution is 2.33. The lowest BCUT2D eigenvalue weighted by molar-refractivity contribution is 0.243. The van der Waals surface area contributed by atoms with E-state index in [0.717, 1.165) is 15.5 Å². The van der Waals surface area contributed by atoms with Gasteiger partial charge in [0.05, 0.1) is 11.8 Å². The molecule has 0 bridgehead atoms. The van der Waals surface area contributed by atoms with E-state index < -0.39 is 0 Å². The van der Waals surface area contributed by atoms with Gasteiger partial charge in [0.2, 0.25) is 0 Å². The molecule has 1 aromatic carbocycles. The summed E-state index contributed by atoms with van der Waals surface area (Å²) in [4.78, 5) is 6.25. The number of ether oxygens (including phenoxy) is 1. The number of aromatic nitrogens is 1. The number of rotatable bonds is 4. The van der Waals surface area contributed by atoms with Crippen molar-refractivity contribution in [1.82, 2.24) is 4.98 Å². The standard InChI is InChI=1S/C14H16N2OS/c1-10(2)17-14-9-12(3-4-13(14)15)18-11-5-7-16-8-6-11/h3-10H,15H2,1-2H3. The summed E-state index contributed by atoms with van der Waals surface area (Å²) in [6.45, 7) is 3.98. The molecule has 2 N–H and O–H groups in total. The van der Waals surface area contributed by atoms with E-state index in [9.17, 15) is 0 Å². The van der Waals surface area contributed by atoms with Crippen molar-refractivity contribution in [1.29, 1.82) is 0 Å². The predicted molar refractivity (Wildman–Crippen MR) is 75.0 cm³/mol. The van der Waals surface area contributed by atoms with Crippen molar-refractivity contribution in [2.24, 2.45) is 0 Å². The fourth-order valence-corrected chi connectivity index (χ4v) is 2.31. The Kier molecular flexibility index (Phi) is 4.10. The van der Waals surface area contributed by atoms with Crippen LogP contribution in [0.1, 0.15) is 13.8 Å². The Labute approximate surface area is 111 Å². The number of nitrogens with two attached hydrogens (primary N) is 1. The van der Waals surface area contributed by atoms with Crippen molar-refractivity contribution < 1.29 is 4.74 Å². The molecule has 0 aliphatic carbocycles. The summed E-state index contributed by atoms with van der Waals surface area (Å²) in [6, 6.07) is 9.79. The van der Waals surface area contributed by atoms with E-state index in [1.807, 2.05) is 44.2 Å². The Morgan fingerprint density at radius 3 is 2.50 bits per heavy atom. The molecule has 94 valence electrons. The zero-order valence-corrected chi connectivity index (χ0v) is 11.3. The fraction of sp³-hybridized carbons (Fsp3) is 0.214. The molecule has 2 rings (SSSR count). The molecule has 3 nitrogen and oxygen atoms in total. The number of hydrogen-bond donors (Lipinski definition) is 1. The average molecular weight is 260 g/mol. The molecule has 0 aliphatic heterocycles. The second kappa shape index (κ2) is 5.78. The van der Waals surface area contributed by atoms with Crippen molar-refractivity contribution in [3.8, 4) is 5.75 Å². The Balaban J connectivity index is 2.19. The third kappa shape index (κ3) is 3.40. The first-order valence-corrected chi connectivity index (χ1v) is 6.61. The highest BCUT2D eigenvalue weighted by atomic mass is 32.2. The monoisotopic (exact) mass is 260 g/mol. The van der Waals surface area contributed by atoms with Gasteiger partial charge in [0, 0.05) is 22.2 Å². The molecule has 0 aliphatic rings. The summed E-state index contributed by atoms with van der Waals surface area (Å²) in [5.74, 6) is 0.740. The first-order chi connectivity index (χ1) is 8.65. The minimum Gasteiger partial charge on any atom is -0.489 e. The Morgan fingerprint density at radius 2 is 1.83 bits per heavy atom. The lowest BCUT2D eigenvalue weighted by atomic mass is 10.3. The van der Waals surface area contributed by atoms with Gasteiger partial charge in [-0.3, -0.25) is 4.98 Å². The molecule has 0 radical (unpaired) electrons. The molecule has 1 heterocycles. The highest BCUT2D eigenvalue weighted by Gasteiger charge is 2.05. The van der Waals surface area contributed by atoms with E-state index in [1.165, 1.54) is 0 Å². The third-order valence-electron chi connectivity index (χ3n) is 2.23. The summed E-state index contributed by atoms with van der Waals surface area (Å²) < 4.78 is 5.67. The lowest BCUT2D eigenvalue weighted by Crippen LogP contribution is -2.07. The van der Waals surface area contributed by atoms with Gasteiger partial charge in [0.25, 0.3) is 0 Å². The lowest BCUT2D eigenvalue weighted by Gasteiger charge is -2.13. The minimum atomic E-state index is 0.119. The van der Waals surface area contributed by atoms with Crippen LogP contribution in [0.4, 0.5) is 5.69 Å². The Bertz CT molecular complexity index is 514. The zero-order chi connectivity index (χ0) is 13.0. The van der Waals surface area contributed by atoms with E-state index in [2.05, 4.69) is 4.98 Å². The molecule has 4 heteroatoms. The number of benzene rings is 1. The molecule has 0 amide bonds. The number of pyridine rings is 1. The molecule has 0 spiro atoms. The molecule has 0 atom stereocenters. The van der Waals surface area contributed by atoms with Gasteiger partial charge < -0.3 is 10.5 Å². The summed E-state index contributed by atoms with van der Waals surface area (Å²) in [5.41, 5.74) is 6.56. The average Bonchev–Trinajstić information content (AvgIpc) is 2.34. The van der Waals surface area contributed by atoms with Gasteiger partial charge >= 0.3 is 0 Å². The topological polar surface area (TPSA) is 48.1 Å². The molecular formula is C14H16N2OS. The van der Waals surface area contributed by atoms with Gasteiger partial charge in [-0.2, -0.15) is 0 Å². The maximum atomic E-state index is 5.89. The van der Waals surface area contributed by atoms with E-state index in [4.69, 9.17) is 10.5 Å². The largest absolute Gasteiger partial charge is 0.489 e. The van der Waals surface area contributed by atoms with Gasteiger partial charge in [-0.1, -0.05) is 11.8 Å². The van der Waals surface area contributed by atoms with Crippen LogP contribution >= 0.6 is 11.8 Å². The number of anilines is 1. The number of nitrogens with zero attached hydrogens (tertiary/aromatic N) is 1. The van der Waals surface area contributed by atoms with Crippen molar-refractivity contribution >= 4 is 17.4 Å². The van der Waals surface area contributed by atoms with Crippen LogP contribution in [0.15, 0.2) is 52.5 Å². The van der Waals surface area contributed by atoms with Gasteiger partial charge in [0.15, 0.2) is 0 Å². The molecule has 1 aromatic heterocycles. The van der Waals surface area contributed by atoms with Crippen LogP contribution in [0.5, 0.6) is 5.75 Å². The van der Waals surface area contributed by atoms with Gasteiger partial charge in [-0.25, -0.2) is 0 Å². The van der Waals surface area contributed by atoms with Crippen LogP contribution in [0.25, 0.3) is 0 Å². The molecule has 18 heavy (non-hydrogen) atoms. The summed E-state index contributed by atoms with van der Waals surface area (Å²) in [5, 5.41) is 0. The van der Waals surface area contributed by atoms with Crippen molar-refractivity contribution in [2.45, 2.75) is 29.7 Å². The van der Waals surface area contributed by atoms with Crippen LogP contribution in [0.3, 0.4) is 0 Å². The minimum absolute atomic E-state index is 0.119. The number of hydrogen-bond acceptors (Lipinski definition) is 4. The van der Waals surface area contributed by atoms with Crippen LogP contribution in [-0.4, -0.2) is 11.1 Å². The van der Waals surface area contributed by atoms with Crippen LogP contribution < -0.4 is 10.5 Å². The van der Waals surface area contributed by atoms with Crippen molar-refractivity contribution in [3.05, 3.63) is 42.7 Å². The first-order valence-electron chi connectivity index (χ1n) is 5.79. The van der Waals surface area contributed by atoms with Crippen molar-refractivity contribution in [3.63, 3.8) is 0 Å². The van der Waals surface area contributed by atoms with Gasteiger partial charge in [-0.15, -0.1) is 0 Å². The molecule has 0 unspecified atom stereocenters. The SMILES string of the molecule is CC(C)Oc1cc(Sc2ccncc2)ccc1N. The van der Waals surface area contributed by atoms with Crippen molar-refractivity contribution in [2.75, 3.05) is 5.73 Å². The summed E-state index contributed by atoms with van der Waals surface area (Å²) >= 11 is 1.66. The van der Waals surface area contributed by atoms with Crippen LogP contribution in [-0.2, 0) is 0 Å². The second-order valence-corrected chi connectivity index (χ2v) is 5.30. The normalized spacial score (nSPS) is 10.6.